The topological polar surface area (TPSA) is 107 Å². The van der Waals surface area contributed by atoms with Crippen molar-refractivity contribution in [2.75, 3.05) is 7.05 Å². The zero-order valence-electron chi connectivity index (χ0n) is 14.0. The summed E-state index contributed by atoms with van der Waals surface area (Å²) in [6.45, 7) is 1.48. The number of aliphatic hydroxyl groups excluding tert-OH is 1. The summed E-state index contributed by atoms with van der Waals surface area (Å²) in [5.74, 6) is -2.85. The molecule has 1 aromatic carbocycles. The van der Waals surface area contributed by atoms with Gasteiger partial charge in [0.1, 0.15) is 0 Å². The number of hydrogen-bond acceptors (Lipinski definition) is 4. The van der Waals surface area contributed by atoms with E-state index in [-0.39, 0.29) is 11.6 Å². The van der Waals surface area contributed by atoms with Gasteiger partial charge in [0.15, 0.2) is 6.10 Å². The van der Waals surface area contributed by atoms with E-state index in [0.29, 0.717) is 0 Å². The standard InChI is InChI=1S/C11H11F6N.C4H6O5/c1-6(18-2)7-3-8(10(12,13)14)5-9(4-7)11(15,16)17;5-2(4(8)9)1-3(6)7/h3-6,18H,1-2H3;2,5H,1H2,(H,6,7)(H,8,9)/t6-;2-/m00/s1. The lowest BCUT2D eigenvalue weighted by molar-refractivity contribution is -0.152. The molecule has 0 heterocycles. The van der Waals surface area contributed by atoms with Crippen molar-refractivity contribution >= 4 is 11.9 Å². The maximum Gasteiger partial charge on any atom is 0.416 e. The molecule has 6 nitrogen and oxygen atoms in total. The molecule has 0 saturated carbocycles. The van der Waals surface area contributed by atoms with Crippen LogP contribution in [0.1, 0.15) is 36.1 Å². The van der Waals surface area contributed by atoms with E-state index in [1.165, 1.54) is 14.0 Å². The maximum absolute atomic E-state index is 12.5. The van der Waals surface area contributed by atoms with Crippen molar-refractivity contribution in [2.45, 2.75) is 37.8 Å². The number of carboxylic acids is 2. The van der Waals surface area contributed by atoms with Gasteiger partial charge in [-0.3, -0.25) is 4.79 Å². The molecular weight excluding hydrogens is 388 g/mol. The summed E-state index contributed by atoms with van der Waals surface area (Å²) in [5.41, 5.74) is -2.65. The van der Waals surface area contributed by atoms with Gasteiger partial charge in [-0.1, -0.05) is 0 Å². The normalized spacial score (nSPS) is 14.0. The summed E-state index contributed by atoms with van der Waals surface area (Å²) in [7, 11) is 1.46. The van der Waals surface area contributed by atoms with Crippen LogP contribution in [0.25, 0.3) is 0 Å². The van der Waals surface area contributed by atoms with Crippen molar-refractivity contribution in [1.29, 1.82) is 0 Å². The lowest BCUT2D eigenvalue weighted by Gasteiger charge is -2.17. The number of nitrogens with one attached hydrogen (secondary N) is 1. The summed E-state index contributed by atoms with van der Waals surface area (Å²) in [4.78, 5) is 19.4. The lowest BCUT2D eigenvalue weighted by Crippen LogP contribution is -2.22. The molecule has 0 radical (unpaired) electrons. The molecule has 0 unspecified atom stereocenters. The van der Waals surface area contributed by atoms with Crippen LogP contribution in [0.2, 0.25) is 0 Å². The van der Waals surface area contributed by atoms with Crippen LogP contribution in [0.15, 0.2) is 18.2 Å². The number of aliphatic hydroxyl groups is 1. The highest BCUT2D eigenvalue weighted by Crippen LogP contribution is 2.37. The molecule has 0 fully saturated rings. The molecule has 0 amide bonds. The van der Waals surface area contributed by atoms with Crippen molar-refractivity contribution in [2.24, 2.45) is 0 Å². The molecule has 0 spiro atoms. The van der Waals surface area contributed by atoms with E-state index in [1.807, 2.05) is 0 Å². The molecule has 4 N–H and O–H groups in total. The molecule has 1 aromatic rings. The zero-order valence-corrected chi connectivity index (χ0v) is 14.0. The van der Waals surface area contributed by atoms with Gasteiger partial charge in [-0.05, 0) is 37.7 Å². The Hall–Kier alpha value is -2.34. The van der Waals surface area contributed by atoms with Crippen LogP contribution in [-0.2, 0) is 21.9 Å². The Morgan fingerprint density at radius 2 is 1.41 bits per heavy atom. The number of alkyl halides is 6. The van der Waals surface area contributed by atoms with Crippen molar-refractivity contribution in [3.8, 4) is 0 Å². The van der Waals surface area contributed by atoms with Crippen LogP contribution in [0, 0.1) is 0 Å². The third-order valence-corrected chi connectivity index (χ3v) is 3.20. The molecule has 2 atom stereocenters. The fourth-order valence-corrected chi connectivity index (χ4v) is 1.65. The highest BCUT2D eigenvalue weighted by molar-refractivity contribution is 5.79. The van der Waals surface area contributed by atoms with Gasteiger partial charge < -0.3 is 20.6 Å². The predicted octanol–water partition coefficient (Wildman–Crippen LogP) is 2.91. The summed E-state index contributed by atoms with van der Waals surface area (Å²) in [6, 6.07) is 0.951. The first-order valence-corrected chi connectivity index (χ1v) is 7.18. The van der Waals surface area contributed by atoms with Gasteiger partial charge in [-0.15, -0.1) is 0 Å². The first-order valence-electron chi connectivity index (χ1n) is 7.18. The monoisotopic (exact) mass is 405 g/mol. The minimum absolute atomic E-state index is 0.0559. The van der Waals surface area contributed by atoms with Crippen LogP contribution in [-0.4, -0.2) is 40.4 Å². The molecule has 0 aliphatic carbocycles. The predicted molar refractivity (Wildman–Crippen MR) is 79.8 cm³/mol. The minimum Gasteiger partial charge on any atom is -0.481 e. The average Bonchev–Trinajstić information content (AvgIpc) is 2.51. The summed E-state index contributed by atoms with van der Waals surface area (Å²) in [5, 5.41) is 26.7. The summed E-state index contributed by atoms with van der Waals surface area (Å²) >= 11 is 0. The van der Waals surface area contributed by atoms with Crippen molar-refractivity contribution < 1.29 is 51.3 Å². The largest absolute Gasteiger partial charge is 0.481 e. The van der Waals surface area contributed by atoms with E-state index >= 15 is 0 Å². The molecule has 1 rings (SSSR count). The fourth-order valence-electron chi connectivity index (χ4n) is 1.65. The molecule has 12 heteroatoms. The number of carbonyl (C=O) groups is 2. The Bertz CT molecular complexity index is 627. The number of aliphatic carboxylic acids is 2. The van der Waals surface area contributed by atoms with Crippen molar-refractivity contribution in [3.63, 3.8) is 0 Å². The molecular formula is C15H17F6NO5. The molecule has 0 aromatic heterocycles. The third kappa shape index (κ3) is 8.73. The second-order valence-electron chi connectivity index (χ2n) is 5.30. The van der Waals surface area contributed by atoms with Gasteiger partial charge in [-0.25, -0.2) is 4.79 Å². The lowest BCUT2D eigenvalue weighted by atomic mass is 10.0. The number of rotatable bonds is 5. The quantitative estimate of drug-likeness (QED) is 0.562. The zero-order chi connectivity index (χ0) is 21.6. The van der Waals surface area contributed by atoms with Crippen molar-refractivity contribution in [3.05, 3.63) is 34.9 Å². The summed E-state index contributed by atoms with van der Waals surface area (Å²) < 4.78 is 75.1. The van der Waals surface area contributed by atoms with Gasteiger partial charge in [0.25, 0.3) is 0 Å². The van der Waals surface area contributed by atoms with Crippen LogP contribution in [0.3, 0.4) is 0 Å². The average molecular weight is 405 g/mol. The Labute approximate surface area is 149 Å². The van der Waals surface area contributed by atoms with Crippen LogP contribution >= 0.6 is 0 Å². The van der Waals surface area contributed by atoms with Crippen LogP contribution in [0.5, 0.6) is 0 Å². The van der Waals surface area contributed by atoms with E-state index in [0.717, 1.165) is 12.1 Å². The Morgan fingerprint density at radius 3 is 1.63 bits per heavy atom. The SMILES string of the molecule is CN[C@@H](C)c1cc(C(F)(F)F)cc(C(F)(F)F)c1.O=C(O)C[C@H](O)C(=O)O. The van der Waals surface area contributed by atoms with E-state index < -0.39 is 54.0 Å². The first kappa shape index (κ1) is 24.7. The van der Waals surface area contributed by atoms with Gasteiger partial charge in [0, 0.05) is 6.04 Å². The van der Waals surface area contributed by atoms with E-state index in [9.17, 15) is 35.9 Å². The number of benzene rings is 1. The van der Waals surface area contributed by atoms with E-state index in [4.69, 9.17) is 15.3 Å². The number of hydrogen-bond donors (Lipinski definition) is 4. The smallest absolute Gasteiger partial charge is 0.416 e. The Morgan fingerprint density at radius 1 is 1.00 bits per heavy atom. The van der Waals surface area contributed by atoms with Gasteiger partial charge >= 0.3 is 24.3 Å². The maximum atomic E-state index is 12.5. The third-order valence-electron chi connectivity index (χ3n) is 3.20. The van der Waals surface area contributed by atoms with Crippen LogP contribution in [0.4, 0.5) is 26.3 Å². The Kier molecular flexibility index (Phi) is 8.73. The van der Waals surface area contributed by atoms with Gasteiger partial charge in [-0.2, -0.15) is 26.3 Å². The molecule has 27 heavy (non-hydrogen) atoms. The minimum atomic E-state index is -4.80. The van der Waals surface area contributed by atoms with Gasteiger partial charge in [0.2, 0.25) is 0 Å². The highest BCUT2D eigenvalue weighted by atomic mass is 19.4. The van der Waals surface area contributed by atoms with Gasteiger partial charge in [0.05, 0.1) is 17.5 Å². The number of carboxylic acid groups (broad SMARTS) is 2. The van der Waals surface area contributed by atoms with Crippen LogP contribution < -0.4 is 5.32 Å². The molecule has 0 bridgehead atoms. The van der Waals surface area contributed by atoms with E-state index in [2.05, 4.69) is 5.32 Å². The Balaban J connectivity index is 0.000000636. The fraction of sp³-hybridized carbons (Fsp3) is 0.467. The molecule has 0 aliphatic rings. The number of halogens is 6. The first-order chi connectivity index (χ1) is 12.1. The summed E-state index contributed by atoms with van der Waals surface area (Å²) in [6.07, 6.45) is -12.1. The second kappa shape index (κ2) is 9.55. The second-order valence-corrected chi connectivity index (χ2v) is 5.30. The van der Waals surface area contributed by atoms with Crippen molar-refractivity contribution in [1.82, 2.24) is 5.32 Å². The molecule has 0 saturated heterocycles. The van der Waals surface area contributed by atoms with E-state index in [1.54, 1.807) is 0 Å². The molecule has 0 aliphatic heterocycles. The molecule has 154 valence electrons. The highest BCUT2D eigenvalue weighted by Gasteiger charge is 2.37.